The lowest BCUT2D eigenvalue weighted by Gasteiger charge is -2.15. The van der Waals surface area contributed by atoms with Gasteiger partial charge in [0.25, 0.3) is 5.91 Å². The molecule has 0 aliphatic carbocycles. The fourth-order valence-corrected chi connectivity index (χ4v) is 3.87. The average Bonchev–Trinajstić information content (AvgIpc) is 3.03. The molecule has 28 heavy (non-hydrogen) atoms. The molecule has 5 rings (SSSR count). The molecule has 1 aliphatic heterocycles. The van der Waals surface area contributed by atoms with E-state index in [1.54, 1.807) is 24.7 Å². The lowest BCUT2D eigenvalue weighted by molar-refractivity contribution is 0.0762. The lowest BCUT2D eigenvalue weighted by atomic mass is 9.96. The molecule has 136 valence electrons. The SMILES string of the molecule is O=C1c2nc3ccc(Cl)cc3c(-c3cccnc3)c2CN1Cc1ccncc1. The average molecular weight is 387 g/mol. The van der Waals surface area contributed by atoms with E-state index in [1.807, 2.05) is 47.5 Å². The van der Waals surface area contributed by atoms with Crippen molar-refractivity contribution in [2.24, 2.45) is 0 Å². The Labute approximate surface area is 166 Å². The Kier molecular flexibility index (Phi) is 4.02. The van der Waals surface area contributed by atoms with E-state index in [4.69, 9.17) is 11.6 Å². The minimum Gasteiger partial charge on any atom is -0.329 e. The van der Waals surface area contributed by atoms with Crippen molar-refractivity contribution in [3.8, 4) is 11.1 Å². The molecule has 0 saturated heterocycles. The number of pyridine rings is 3. The van der Waals surface area contributed by atoms with Crippen molar-refractivity contribution in [3.63, 3.8) is 0 Å². The zero-order chi connectivity index (χ0) is 19.1. The monoisotopic (exact) mass is 386 g/mol. The number of nitrogens with zero attached hydrogens (tertiary/aromatic N) is 4. The molecule has 4 heterocycles. The largest absolute Gasteiger partial charge is 0.329 e. The molecule has 1 amide bonds. The standard InChI is InChI=1S/C22H15ClN4O/c23-16-3-4-19-17(10-16)20(15-2-1-7-25-11-15)18-13-27(22(28)21(18)26-19)12-14-5-8-24-9-6-14/h1-11H,12-13H2. The normalized spacial score (nSPS) is 13.2. The first-order chi connectivity index (χ1) is 13.7. The van der Waals surface area contributed by atoms with Gasteiger partial charge >= 0.3 is 0 Å². The van der Waals surface area contributed by atoms with E-state index in [0.717, 1.165) is 33.2 Å². The van der Waals surface area contributed by atoms with Crippen LogP contribution in [0.2, 0.25) is 5.02 Å². The van der Waals surface area contributed by atoms with E-state index in [2.05, 4.69) is 15.0 Å². The van der Waals surface area contributed by atoms with E-state index < -0.39 is 0 Å². The number of halogens is 1. The number of amides is 1. The molecule has 5 nitrogen and oxygen atoms in total. The molecule has 0 fully saturated rings. The summed E-state index contributed by atoms with van der Waals surface area (Å²) in [6.45, 7) is 1.01. The lowest BCUT2D eigenvalue weighted by Crippen LogP contribution is -2.23. The molecule has 0 unspecified atom stereocenters. The summed E-state index contributed by atoms with van der Waals surface area (Å²) in [6, 6.07) is 13.3. The summed E-state index contributed by atoms with van der Waals surface area (Å²) in [5.41, 5.74) is 5.13. The van der Waals surface area contributed by atoms with Crippen LogP contribution in [0.1, 0.15) is 21.6 Å². The molecule has 1 aliphatic rings. The summed E-state index contributed by atoms with van der Waals surface area (Å²) >= 11 is 6.27. The minimum atomic E-state index is -0.0613. The van der Waals surface area contributed by atoms with Crippen molar-refractivity contribution >= 4 is 28.4 Å². The van der Waals surface area contributed by atoms with Crippen molar-refractivity contribution in [1.82, 2.24) is 19.9 Å². The smallest absolute Gasteiger partial charge is 0.273 e. The third-order valence-corrected chi connectivity index (χ3v) is 5.19. The van der Waals surface area contributed by atoms with Crippen LogP contribution in [0, 0.1) is 0 Å². The zero-order valence-electron chi connectivity index (χ0n) is 14.8. The Morgan fingerprint density at radius 1 is 1.04 bits per heavy atom. The van der Waals surface area contributed by atoms with Gasteiger partial charge in [0.15, 0.2) is 0 Å². The Morgan fingerprint density at radius 2 is 1.89 bits per heavy atom. The molecule has 0 N–H and O–H groups in total. The topological polar surface area (TPSA) is 59.0 Å². The number of aromatic nitrogens is 3. The number of hydrogen-bond donors (Lipinski definition) is 0. The van der Waals surface area contributed by atoms with Crippen molar-refractivity contribution in [2.45, 2.75) is 13.1 Å². The van der Waals surface area contributed by atoms with Gasteiger partial charge in [-0.2, -0.15) is 0 Å². The maximum absolute atomic E-state index is 13.1. The number of rotatable bonds is 3. The van der Waals surface area contributed by atoms with Gasteiger partial charge in [0.1, 0.15) is 5.69 Å². The Morgan fingerprint density at radius 3 is 2.68 bits per heavy atom. The van der Waals surface area contributed by atoms with Gasteiger partial charge in [0.05, 0.1) is 5.52 Å². The predicted molar refractivity (Wildman–Crippen MR) is 108 cm³/mol. The zero-order valence-corrected chi connectivity index (χ0v) is 15.6. The third kappa shape index (κ3) is 2.80. The molecule has 0 saturated carbocycles. The highest BCUT2D eigenvalue weighted by molar-refractivity contribution is 6.31. The maximum Gasteiger partial charge on any atom is 0.273 e. The summed E-state index contributed by atoms with van der Waals surface area (Å²) in [4.78, 5) is 27.9. The van der Waals surface area contributed by atoms with Crippen molar-refractivity contribution in [3.05, 3.63) is 89.1 Å². The van der Waals surface area contributed by atoms with Gasteiger partial charge in [-0.15, -0.1) is 0 Å². The number of carbonyl (C=O) groups is 1. The molecular weight excluding hydrogens is 372 g/mol. The first-order valence-electron chi connectivity index (χ1n) is 8.91. The predicted octanol–water partition coefficient (Wildman–Crippen LogP) is 4.50. The summed E-state index contributed by atoms with van der Waals surface area (Å²) in [6.07, 6.45) is 7.02. The van der Waals surface area contributed by atoms with Crippen LogP contribution < -0.4 is 0 Å². The van der Waals surface area contributed by atoms with Crippen molar-refractivity contribution in [1.29, 1.82) is 0 Å². The van der Waals surface area contributed by atoms with Crippen LogP contribution in [0.25, 0.3) is 22.0 Å². The van der Waals surface area contributed by atoms with Crippen LogP contribution in [0.4, 0.5) is 0 Å². The van der Waals surface area contributed by atoms with E-state index in [0.29, 0.717) is 23.8 Å². The van der Waals surface area contributed by atoms with Crippen LogP contribution in [-0.4, -0.2) is 25.8 Å². The quantitative estimate of drug-likeness (QED) is 0.520. The Hall–Kier alpha value is -3.31. The first-order valence-corrected chi connectivity index (χ1v) is 9.29. The van der Waals surface area contributed by atoms with E-state index in [-0.39, 0.29) is 5.91 Å². The number of benzene rings is 1. The Bertz CT molecular complexity index is 1200. The third-order valence-electron chi connectivity index (χ3n) is 4.96. The van der Waals surface area contributed by atoms with Gasteiger partial charge in [0, 0.05) is 59.4 Å². The highest BCUT2D eigenvalue weighted by Crippen LogP contribution is 2.38. The fraction of sp³-hybridized carbons (Fsp3) is 0.0909. The van der Waals surface area contributed by atoms with Crippen molar-refractivity contribution < 1.29 is 4.79 Å². The van der Waals surface area contributed by atoms with Gasteiger partial charge in [-0.25, -0.2) is 4.98 Å². The molecule has 6 heteroatoms. The molecule has 0 spiro atoms. The van der Waals surface area contributed by atoms with Crippen LogP contribution >= 0.6 is 11.6 Å². The summed E-state index contributed by atoms with van der Waals surface area (Å²) in [5, 5.41) is 1.56. The number of carbonyl (C=O) groups excluding carboxylic acids is 1. The van der Waals surface area contributed by atoms with Crippen molar-refractivity contribution in [2.75, 3.05) is 0 Å². The number of fused-ring (bicyclic) bond motifs is 2. The molecule has 3 aromatic heterocycles. The second-order valence-electron chi connectivity index (χ2n) is 6.73. The molecule has 1 aromatic carbocycles. The van der Waals surface area contributed by atoms with Crippen LogP contribution in [0.15, 0.2) is 67.3 Å². The molecule has 0 atom stereocenters. The second-order valence-corrected chi connectivity index (χ2v) is 7.17. The molecule has 0 bridgehead atoms. The maximum atomic E-state index is 13.1. The molecule has 0 radical (unpaired) electrons. The van der Waals surface area contributed by atoms with Gasteiger partial charge < -0.3 is 4.90 Å². The fourth-order valence-electron chi connectivity index (χ4n) is 3.69. The summed E-state index contributed by atoms with van der Waals surface area (Å²) < 4.78 is 0. The second kappa shape index (κ2) is 6.69. The summed E-state index contributed by atoms with van der Waals surface area (Å²) in [5.74, 6) is -0.0613. The van der Waals surface area contributed by atoms with Crippen LogP contribution in [-0.2, 0) is 13.1 Å². The minimum absolute atomic E-state index is 0.0613. The van der Waals surface area contributed by atoms with Gasteiger partial charge in [0.2, 0.25) is 0 Å². The van der Waals surface area contributed by atoms with E-state index in [9.17, 15) is 4.79 Å². The van der Waals surface area contributed by atoms with Gasteiger partial charge in [-0.1, -0.05) is 17.7 Å². The summed E-state index contributed by atoms with van der Waals surface area (Å²) in [7, 11) is 0. The van der Waals surface area contributed by atoms with Gasteiger partial charge in [-0.3, -0.25) is 14.8 Å². The van der Waals surface area contributed by atoms with Gasteiger partial charge in [-0.05, 0) is 47.5 Å². The molecular formula is C22H15ClN4O. The van der Waals surface area contributed by atoms with E-state index >= 15 is 0 Å². The van der Waals surface area contributed by atoms with Crippen LogP contribution in [0.3, 0.4) is 0 Å². The Balaban J connectivity index is 1.68. The van der Waals surface area contributed by atoms with Crippen LogP contribution in [0.5, 0.6) is 0 Å². The number of hydrogen-bond acceptors (Lipinski definition) is 4. The highest BCUT2D eigenvalue weighted by atomic mass is 35.5. The van der Waals surface area contributed by atoms with E-state index in [1.165, 1.54) is 0 Å². The highest BCUT2D eigenvalue weighted by Gasteiger charge is 2.32. The molecule has 4 aromatic rings. The first kappa shape index (κ1) is 16.8.